The SMILES string of the molecule is Cc1cc2c(n1C)C(C)(C)CN(C(=O)c1ccc(OCCN3CCCCC3)cc1)C=C2C(=O)OC(C)C. The van der Waals surface area contributed by atoms with Gasteiger partial charge >= 0.3 is 5.97 Å². The Morgan fingerprint density at radius 2 is 1.73 bits per heavy atom. The van der Waals surface area contributed by atoms with E-state index in [9.17, 15) is 9.59 Å². The second kappa shape index (κ2) is 11.1. The fraction of sp³-hybridized carbons (Fsp3) is 0.533. The van der Waals surface area contributed by atoms with E-state index in [4.69, 9.17) is 9.47 Å². The molecule has 0 unspecified atom stereocenters. The van der Waals surface area contributed by atoms with Gasteiger partial charge in [-0.05, 0) is 77.0 Å². The molecule has 1 aromatic heterocycles. The first-order valence-electron chi connectivity index (χ1n) is 13.4. The van der Waals surface area contributed by atoms with Crippen LogP contribution in [0.25, 0.3) is 5.57 Å². The normalized spacial score (nSPS) is 17.7. The van der Waals surface area contributed by atoms with Crippen LogP contribution >= 0.6 is 0 Å². The van der Waals surface area contributed by atoms with E-state index in [0.29, 0.717) is 24.3 Å². The molecule has 0 N–H and O–H groups in total. The number of carbonyl (C=O) groups is 2. The number of fused-ring (bicyclic) bond motifs is 1. The Labute approximate surface area is 221 Å². The number of benzene rings is 1. The molecule has 0 bridgehead atoms. The topological polar surface area (TPSA) is 64.0 Å². The molecule has 1 amide bonds. The monoisotopic (exact) mass is 507 g/mol. The predicted molar refractivity (Wildman–Crippen MR) is 146 cm³/mol. The maximum Gasteiger partial charge on any atom is 0.340 e. The third-order valence-corrected chi connectivity index (χ3v) is 7.30. The van der Waals surface area contributed by atoms with E-state index >= 15 is 0 Å². The van der Waals surface area contributed by atoms with Crippen molar-refractivity contribution in [3.63, 3.8) is 0 Å². The first-order valence-corrected chi connectivity index (χ1v) is 13.4. The van der Waals surface area contributed by atoms with Crippen LogP contribution in [0.3, 0.4) is 0 Å². The lowest BCUT2D eigenvalue weighted by Gasteiger charge is -2.30. The van der Waals surface area contributed by atoms with Gasteiger partial charge in [-0.2, -0.15) is 0 Å². The largest absolute Gasteiger partial charge is 0.492 e. The van der Waals surface area contributed by atoms with Crippen molar-refractivity contribution in [1.82, 2.24) is 14.4 Å². The van der Waals surface area contributed by atoms with E-state index in [1.165, 1.54) is 19.3 Å². The lowest BCUT2D eigenvalue weighted by molar-refractivity contribution is -0.140. The number of aryl methyl sites for hydroxylation is 1. The summed E-state index contributed by atoms with van der Waals surface area (Å²) in [6, 6.07) is 9.31. The number of likely N-dealkylation sites (tertiary alicyclic amines) is 1. The summed E-state index contributed by atoms with van der Waals surface area (Å²) in [4.78, 5) is 30.9. The molecule has 0 aliphatic carbocycles. The van der Waals surface area contributed by atoms with Gasteiger partial charge in [0.25, 0.3) is 5.91 Å². The Bertz CT molecular complexity index is 1150. The maximum atomic E-state index is 13.7. The zero-order chi connectivity index (χ0) is 26.7. The molecule has 7 heteroatoms. The molecule has 4 rings (SSSR count). The first-order chi connectivity index (χ1) is 17.6. The highest BCUT2D eigenvalue weighted by Gasteiger charge is 2.37. The van der Waals surface area contributed by atoms with Crippen molar-refractivity contribution in [3.05, 3.63) is 59.0 Å². The lowest BCUT2D eigenvalue weighted by atomic mass is 9.85. The maximum absolute atomic E-state index is 13.7. The molecule has 2 aliphatic rings. The number of hydrogen-bond acceptors (Lipinski definition) is 5. The van der Waals surface area contributed by atoms with Crippen LogP contribution in [0.2, 0.25) is 0 Å². The highest BCUT2D eigenvalue weighted by atomic mass is 16.5. The molecule has 3 heterocycles. The third kappa shape index (κ3) is 6.09. The summed E-state index contributed by atoms with van der Waals surface area (Å²) >= 11 is 0. The fourth-order valence-corrected chi connectivity index (χ4v) is 5.43. The average Bonchev–Trinajstić information content (AvgIpc) is 3.09. The molecule has 7 nitrogen and oxygen atoms in total. The van der Waals surface area contributed by atoms with Crippen molar-refractivity contribution in [2.24, 2.45) is 7.05 Å². The van der Waals surface area contributed by atoms with Gasteiger partial charge in [0.05, 0.1) is 11.7 Å². The molecular weight excluding hydrogens is 466 g/mol. The first kappa shape index (κ1) is 27.0. The fourth-order valence-electron chi connectivity index (χ4n) is 5.43. The van der Waals surface area contributed by atoms with Gasteiger partial charge < -0.3 is 18.9 Å². The summed E-state index contributed by atoms with van der Waals surface area (Å²) < 4.78 is 13.6. The second-order valence-corrected chi connectivity index (χ2v) is 11.2. The van der Waals surface area contributed by atoms with Crippen molar-refractivity contribution in [3.8, 4) is 5.75 Å². The summed E-state index contributed by atoms with van der Waals surface area (Å²) in [7, 11) is 2.00. The van der Waals surface area contributed by atoms with E-state index < -0.39 is 5.97 Å². The summed E-state index contributed by atoms with van der Waals surface area (Å²) in [5.41, 5.74) is 3.46. The predicted octanol–water partition coefficient (Wildman–Crippen LogP) is 4.92. The number of nitrogens with zero attached hydrogens (tertiary/aromatic N) is 3. The van der Waals surface area contributed by atoms with Gasteiger partial charge in [0, 0.05) is 54.3 Å². The molecule has 0 atom stereocenters. The van der Waals surface area contributed by atoms with Gasteiger partial charge in [0.15, 0.2) is 0 Å². The van der Waals surface area contributed by atoms with E-state index in [2.05, 4.69) is 23.3 Å². The van der Waals surface area contributed by atoms with E-state index in [1.807, 2.05) is 46.0 Å². The molecule has 1 saturated heterocycles. The van der Waals surface area contributed by atoms with Gasteiger partial charge in [-0.1, -0.05) is 20.3 Å². The van der Waals surface area contributed by atoms with Crippen LogP contribution in [0.5, 0.6) is 5.75 Å². The number of esters is 1. The van der Waals surface area contributed by atoms with Crippen LogP contribution in [0.4, 0.5) is 0 Å². The zero-order valence-corrected chi connectivity index (χ0v) is 23.2. The van der Waals surface area contributed by atoms with Crippen molar-refractivity contribution in [2.45, 2.75) is 65.4 Å². The number of ether oxygens (including phenoxy) is 2. The van der Waals surface area contributed by atoms with E-state index in [0.717, 1.165) is 42.3 Å². The molecule has 37 heavy (non-hydrogen) atoms. The minimum atomic E-state index is -0.421. The minimum Gasteiger partial charge on any atom is -0.492 e. The molecule has 1 fully saturated rings. The number of piperidine rings is 1. The van der Waals surface area contributed by atoms with Crippen molar-refractivity contribution < 1.29 is 19.1 Å². The quantitative estimate of drug-likeness (QED) is 0.498. The Balaban J connectivity index is 1.54. The van der Waals surface area contributed by atoms with Crippen molar-refractivity contribution in [1.29, 1.82) is 0 Å². The molecule has 0 saturated carbocycles. The van der Waals surface area contributed by atoms with Crippen molar-refractivity contribution in [2.75, 3.05) is 32.8 Å². The molecular formula is C30H41N3O4. The van der Waals surface area contributed by atoms with Gasteiger partial charge in [-0.15, -0.1) is 0 Å². The van der Waals surface area contributed by atoms with Crippen LogP contribution in [0.15, 0.2) is 36.5 Å². The Hall–Kier alpha value is -3.06. The van der Waals surface area contributed by atoms with Crippen LogP contribution < -0.4 is 4.74 Å². The molecule has 2 aromatic rings. The Morgan fingerprint density at radius 1 is 1.05 bits per heavy atom. The van der Waals surface area contributed by atoms with Gasteiger partial charge in [-0.3, -0.25) is 9.69 Å². The minimum absolute atomic E-state index is 0.160. The lowest BCUT2D eigenvalue weighted by Crippen LogP contribution is -2.38. The summed E-state index contributed by atoms with van der Waals surface area (Å²) in [6.45, 7) is 14.2. The zero-order valence-electron chi connectivity index (χ0n) is 23.2. The Kier molecular flexibility index (Phi) is 8.12. The Morgan fingerprint density at radius 3 is 2.38 bits per heavy atom. The number of hydrogen-bond donors (Lipinski definition) is 0. The molecule has 2 aliphatic heterocycles. The van der Waals surface area contributed by atoms with Crippen LogP contribution in [-0.4, -0.2) is 65.1 Å². The molecule has 200 valence electrons. The van der Waals surface area contributed by atoms with Gasteiger partial charge in [0.2, 0.25) is 0 Å². The van der Waals surface area contributed by atoms with Crippen LogP contribution in [0, 0.1) is 6.92 Å². The number of rotatable bonds is 7. The number of amides is 1. The smallest absolute Gasteiger partial charge is 0.340 e. The second-order valence-electron chi connectivity index (χ2n) is 11.2. The highest BCUT2D eigenvalue weighted by molar-refractivity contribution is 6.17. The van der Waals surface area contributed by atoms with Crippen LogP contribution in [-0.2, 0) is 22.0 Å². The summed E-state index contributed by atoms with van der Waals surface area (Å²) in [6.07, 6.45) is 5.26. The molecule has 0 radical (unpaired) electrons. The summed E-state index contributed by atoms with van der Waals surface area (Å²) in [5, 5.41) is 0. The third-order valence-electron chi connectivity index (χ3n) is 7.30. The van der Waals surface area contributed by atoms with Crippen molar-refractivity contribution >= 4 is 17.4 Å². The van der Waals surface area contributed by atoms with E-state index in [1.54, 1.807) is 23.2 Å². The number of carbonyl (C=O) groups excluding carboxylic acids is 2. The molecule has 0 spiro atoms. The van der Waals surface area contributed by atoms with Crippen LogP contribution in [0.1, 0.15) is 74.3 Å². The van der Waals surface area contributed by atoms with Gasteiger partial charge in [-0.25, -0.2) is 4.79 Å². The summed E-state index contributed by atoms with van der Waals surface area (Å²) in [5.74, 6) is 0.173. The molecule has 1 aromatic carbocycles. The number of aromatic nitrogens is 1. The van der Waals surface area contributed by atoms with E-state index in [-0.39, 0.29) is 17.4 Å². The van der Waals surface area contributed by atoms with Gasteiger partial charge in [0.1, 0.15) is 12.4 Å². The standard InChI is InChI=1S/C30H41N3O4/c1-21(2)37-29(35)26-19-33(20-30(4,5)27-25(26)18-22(3)31(27)6)28(34)23-10-12-24(13-11-23)36-17-16-32-14-8-7-9-15-32/h10-13,18-19,21H,7-9,14-17,20H2,1-6H3. The highest BCUT2D eigenvalue weighted by Crippen LogP contribution is 2.38. The average molecular weight is 508 g/mol.